The molecule has 1 atom stereocenters. The Morgan fingerprint density at radius 1 is 1.50 bits per heavy atom. The van der Waals surface area contributed by atoms with E-state index in [0.29, 0.717) is 12.5 Å². The molecule has 0 bridgehead atoms. The Bertz CT molecular complexity index is 394. The summed E-state index contributed by atoms with van der Waals surface area (Å²) < 4.78 is 1.02. The van der Waals surface area contributed by atoms with E-state index in [1.807, 2.05) is 24.3 Å². The summed E-state index contributed by atoms with van der Waals surface area (Å²) in [7, 11) is 0. The fourth-order valence-electron chi connectivity index (χ4n) is 2.09. The van der Waals surface area contributed by atoms with E-state index in [-0.39, 0.29) is 18.3 Å². The first kappa shape index (κ1) is 15.5. The van der Waals surface area contributed by atoms with Crippen molar-refractivity contribution in [2.75, 3.05) is 13.1 Å². The number of amides is 1. The van der Waals surface area contributed by atoms with Crippen LogP contribution in [0.1, 0.15) is 18.4 Å². The first-order valence-electron chi connectivity index (χ1n) is 5.98. The van der Waals surface area contributed by atoms with Crippen molar-refractivity contribution >= 4 is 34.2 Å². The average Bonchev–Trinajstić information content (AvgIpc) is 2.30. The van der Waals surface area contributed by atoms with Gasteiger partial charge in [0.15, 0.2) is 0 Å². The topological polar surface area (TPSA) is 41.1 Å². The maximum atomic E-state index is 11.8. The second-order valence-electron chi connectivity index (χ2n) is 4.42. The Hall–Kier alpha value is -0.580. The van der Waals surface area contributed by atoms with E-state index in [4.69, 9.17) is 0 Å². The van der Waals surface area contributed by atoms with Crippen molar-refractivity contribution in [2.24, 2.45) is 0 Å². The number of rotatable bonds is 3. The fourth-order valence-corrected chi connectivity index (χ4v) is 2.53. The van der Waals surface area contributed by atoms with Crippen molar-refractivity contribution in [2.45, 2.75) is 25.3 Å². The van der Waals surface area contributed by atoms with Crippen LogP contribution in [0.15, 0.2) is 28.7 Å². The van der Waals surface area contributed by atoms with Crippen LogP contribution in [0.25, 0.3) is 0 Å². The quantitative estimate of drug-likeness (QED) is 0.891. The lowest BCUT2D eigenvalue weighted by Crippen LogP contribution is -2.46. The molecule has 3 nitrogen and oxygen atoms in total. The van der Waals surface area contributed by atoms with Crippen molar-refractivity contribution in [3.8, 4) is 0 Å². The van der Waals surface area contributed by atoms with E-state index in [2.05, 4.69) is 26.6 Å². The molecule has 2 N–H and O–H groups in total. The Balaban J connectivity index is 0.00000162. The lowest BCUT2D eigenvalue weighted by atomic mass is 10.1. The summed E-state index contributed by atoms with van der Waals surface area (Å²) in [6.45, 7) is 1.96. The summed E-state index contributed by atoms with van der Waals surface area (Å²) in [6.07, 6.45) is 2.68. The molecule has 0 radical (unpaired) electrons. The van der Waals surface area contributed by atoms with Gasteiger partial charge in [-0.1, -0.05) is 28.1 Å². The zero-order valence-electron chi connectivity index (χ0n) is 10.1. The molecule has 100 valence electrons. The molecule has 0 unspecified atom stereocenters. The monoisotopic (exact) mass is 332 g/mol. The minimum Gasteiger partial charge on any atom is -0.352 e. The molecule has 1 aliphatic heterocycles. The van der Waals surface area contributed by atoms with Crippen molar-refractivity contribution in [3.63, 3.8) is 0 Å². The van der Waals surface area contributed by atoms with Gasteiger partial charge in [0.2, 0.25) is 5.91 Å². The highest BCUT2D eigenvalue weighted by Crippen LogP contribution is 2.12. The molecule has 2 rings (SSSR count). The highest BCUT2D eigenvalue weighted by atomic mass is 79.9. The van der Waals surface area contributed by atoms with Crippen LogP contribution in [-0.2, 0) is 11.2 Å². The SMILES string of the molecule is Cl.O=C(Cc1cccc(Br)c1)N[C@@H]1CCCNC1. The molecule has 5 heteroatoms. The fraction of sp³-hybridized carbons (Fsp3) is 0.462. The number of piperidine rings is 1. The maximum absolute atomic E-state index is 11.8. The second-order valence-corrected chi connectivity index (χ2v) is 5.33. The largest absolute Gasteiger partial charge is 0.352 e. The highest BCUT2D eigenvalue weighted by molar-refractivity contribution is 9.10. The Morgan fingerprint density at radius 3 is 3.00 bits per heavy atom. The van der Waals surface area contributed by atoms with E-state index in [9.17, 15) is 4.79 Å². The molecule has 1 aromatic rings. The Labute approximate surface area is 122 Å². The molecule has 1 aliphatic rings. The van der Waals surface area contributed by atoms with E-state index in [1.54, 1.807) is 0 Å². The van der Waals surface area contributed by atoms with Crippen LogP contribution in [0, 0.1) is 0 Å². The van der Waals surface area contributed by atoms with Gasteiger partial charge in [0.1, 0.15) is 0 Å². The van der Waals surface area contributed by atoms with Crippen molar-refractivity contribution in [1.82, 2.24) is 10.6 Å². The molecule has 0 aromatic heterocycles. The molecule has 1 heterocycles. The predicted molar refractivity (Wildman–Crippen MR) is 79.1 cm³/mol. The third-order valence-corrected chi connectivity index (χ3v) is 3.41. The Kier molecular flexibility index (Phi) is 6.68. The molecule has 0 saturated carbocycles. The van der Waals surface area contributed by atoms with Crippen LogP contribution in [0.5, 0.6) is 0 Å². The molecule has 0 aliphatic carbocycles. The number of hydrogen-bond donors (Lipinski definition) is 2. The van der Waals surface area contributed by atoms with E-state index >= 15 is 0 Å². The van der Waals surface area contributed by atoms with Gasteiger partial charge >= 0.3 is 0 Å². The number of carbonyl (C=O) groups excluding carboxylic acids is 1. The first-order valence-corrected chi connectivity index (χ1v) is 6.78. The van der Waals surface area contributed by atoms with Crippen LogP contribution in [0.4, 0.5) is 0 Å². The zero-order chi connectivity index (χ0) is 12.1. The predicted octanol–water partition coefficient (Wildman–Crippen LogP) is 2.28. The normalized spacial score (nSPS) is 18.8. The van der Waals surface area contributed by atoms with Gasteiger partial charge in [-0.05, 0) is 37.1 Å². The van der Waals surface area contributed by atoms with Gasteiger partial charge in [0.05, 0.1) is 6.42 Å². The standard InChI is InChI=1S/C13H17BrN2O.ClH/c14-11-4-1-3-10(7-11)8-13(17)16-12-5-2-6-15-9-12;/h1,3-4,7,12,15H,2,5-6,8-9H2,(H,16,17);1H/t12-;/m1./s1. The Morgan fingerprint density at radius 2 is 2.33 bits per heavy atom. The molecular formula is C13H18BrClN2O. The lowest BCUT2D eigenvalue weighted by molar-refractivity contribution is -0.121. The van der Waals surface area contributed by atoms with E-state index in [1.165, 1.54) is 0 Å². The molecule has 0 spiro atoms. The number of benzene rings is 1. The molecule has 18 heavy (non-hydrogen) atoms. The minimum atomic E-state index is 0. The first-order chi connectivity index (χ1) is 8.24. The average molecular weight is 334 g/mol. The number of halogens is 2. The van der Waals surface area contributed by atoms with Gasteiger partial charge in [-0.3, -0.25) is 4.79 Å². The zero-order valence-corrected chi connectivity index (χ0v) is 12.5. The van der Waals surface area contributed by atoms with Gasteiger partial charge in [0, 0.05) is 17.1 Å². The number of hydrogen-bond acceptors (Lipinski definition) is 2. The molecule has 1 fully saturated rings. The van der Waals surface area contributed by atoms with Gasteiger partial charge in [-0.25, -0.2) is 0 Å². The van der Waals surface area contributed by atoms with Gasteiger partial charge < -0.3 is 10.6 Å². The third-order valence-electron chi connectivity index (χ3n) is 2.92. The summed E-state index contributed by atoms with van der Waals surface area (Å²) in [4.78, 5) is 11.8. The summed E-state index contributed by atoms with van der Waals surface area (Å²) in [5.41, 5.74) is 1.04. The van der Waals surface area contributed by atoms with Crippen LogP contribution in [0.3, 0.4) is 0 Å². The van der Waals surface area contributed by atoms with Crippen LogP contribution in [0.2, 0.25) is 0 Å². The summed E-state index contributed by atoms with van der Waals surface area (Å²) in [5, 5.41) is 6.36. The lowest BCUT2D eigenvalue weighted by Gasteiger charge is -2.23. The van der Waals surface area contributed by atoms with Gasteiger partial charge in [0.25, 0.3) is 0 Å². The van der Waals surface area contributed by atoms with Crippen LogP contribution >= 0.6 is 28.3 Å². The van der Waals surface area contributed by atoms with Crippen molar-refractivity contribution in [3.05, 3.63) is 34.3 Å². The molecule has 1 aromatic carbocycles. The van der Waals surface area contributed by atoms with Gasteiger partial charge in [-0.15, -0.1) is 12.4 Å². The summed E-state index contributed by atoms with van der Waals surface area (Å²) in [6, 6.07) is 8.17. The van der Waals surface area contributed by atoms with Crippen molar-refractivity contribution in [1.29, 1.82) is 0 Å². The van der Waals surface area contributed by atoms with Gasteiger partial charge in [-0.2, -0.15) is 0 Å². The van der Waals surface area contributed by atoms with Crippen molar-refractivity contribution < 1.29 is 4.79 Å². The van der Waals surface area contributed by atoms with Crippen LogP contribution in [-0.4, -0.2) is 25.0 Å². The third kappa shape index (κ3) is 4.96. The smallest absolute Gasteiger partial charge is 0.224 e. The number of carbonyl (C=O) groups is 1. The highest BCUT2D eigenvalue weighted by Gasteiger charge is 2.15. The van der Waals surface area contributed by atoms with E-state index in [0.717, 1.165) is 36.0 Å². The molecule has 1 saturated heterocycles. The minimum absolute atomic E-state index is 0. The van der Waals surface area contributed by atoms with E-state index < -0.39 is 0 Å². The van der Waals surface area contributed by atoms with Crippen LogP contribution < -0.4 is 10.6 Å². The second kappa shape index (κ2) is 7.77. The maximum Gasteiger partial charge on any atom is 0.224 e. The number of nitrogens with one attached hydrogen (secondary N) is 2. The summed E-state index contributed by atoms with van der Waals surface area (Å²) >= 11 is 3.41. The molecule has 1 amide bonds. The summed E-state index contributed by atoms with van der Waals surface area (Å²) in [5.74, 6) is 0.108. The molecular weight excluding hydrogens is 316 g/mol.